The Balaban J connectivity index is 2.89. The van der Waals surface area contributed by atoms with Gasteiger partial charge in [0, 0.05) is 10.0 Å². The van der Waals surface area contributed by atoms with Crippen LogP contribution in [0.5, 0.6) is 11.5 Å². The number of nitrogens with one attached hydrogen (secondary N) is 1. The number of hydrazone groups is 1. The molecule has 1 rings (SSSR count). The predicted molar refractivity (Wildman–Crippen MR) is 79.8 cm³/mol. The zero-order valence-corrected chi connectivity index (χ0v) is 13.1. The van der Waals surface area contributed by atoms with Crippen molar-refractivity contribution in [3.05, 3.63) is 22.2 Å². The van der Waals surface area contributed by atoms with E-state index in [9.17, 15) is 9.59 Å². The number of hydrogen-bond donors (Lipinski definition) is 2. The standard InChI is InChI=1S/C13H12BrN3O5/c1-21-10-4-8(6-16-17-12(18)2-3-15)9(14)5-11(10)22-7-13(19)20/h4-6H,2,7H2,1H3,(H,17,18)(H,19,20). The number of benzene rings is 1. The van der Waals surface area contributed by atoms with E-state index in [2.05, 4.69) is 26.5 Å². The highest BCUT2D eigenvalue weighted by Crippen LogP contribution is 2.32. The molecule has 22 heavy (non-hydrogen) atoms. The summed E-state index contributed by atoms with van der Waals surface area (Å²) < 4.78 is 10.8. The van der Waals surface area contributed by atoms with Gasteiger partial charge < -0.3 is 14.6 Å². The molecule has 0 atom stereocenters. The van der Waals surface area contributed by atoms with Gasteiger partial charge in [-0.05, 0) is 28.1 Å². The molecule has 9 heteroatoms. The molecule has 0 spiro atoms. The monoisotopic (exact) mass is 369 g/mol. The number of ether oxygens (including phenoxy) is 2. The smallest absolute Gasteiger partial charge is 0.341 e. The van der Waals surface area contributed by atoms with Crippen molar-refractivity contribution in [3.63, 3.8) is 0 Å². The van der Waals surface area contributed by atoms with E-state index in [1.807, 2.05) is 0 Å². The molecule has 8 nitrogen and oxygen atoms in total. The molecule has 1 aromatic rings. The Morgan fingerprint density at radius 2 is 2.23 bits per heavy atom. The second-order valence-corrected chi connectivity index (χ2v) is 4.69. The first-order valence-corrected chi connectivity index (χ1v) is 6.68. The largest absolute Gasteiger partial charge is 0.493 e. The normalized spacial score (nSPS) is 10.0. The van der Waals surface area contributed by atoms with Crippen molar-refractivity contribution in [1.29, 1.82) is 5.26 Å². The molecule has 1 aromatic carbocycles. The van der Waals surface area contributed by atoms with Gasteiger partial charge in [-0.3, -0.25) is 4.79 Å². The van der Waals surface area contributed by atoms with Crippen LogP contribution in [-0.4, -0.2) is 36.9 Å². The Bertz CT molecular complexity index is 639. The van der Waals surface area contributed by atoms with E-state index in [-0.39, 0.29) is 12.2 Å². The number of rotatable bonds is 7. The molecule has 0 saturated heterocycles. The van der Waals surface area contributed by atoms with E-state index in [1.165, 1.54) is 19.4 Å². The van der Waals surface area contributed by atoms with Crippen LogP contribution in [0.3, 0.4) is 0 Å². The Hall–Kier alpha value is -2.60. The minimum absolute atomic E-state index is 0.252. The quantitative estimate of drug-likeness (QED) is 0.551. The SMILES string of the molecule is COc1cc(C=NNC(=O)CC#N)c(Br)cc1OCC(=O)O. The molecule has 0 unspecified atom stereocenters. The highest BCUT2D eigenvalue weighted by Gasteiger charge is 2.11. The summed E-state index contributed by atoms with van der Waals surface area (Å²) in [6.45, 7) is -0.500. The third-order valence-corrected chi connectivity index (χ3v) is 2.95. The lowest BCUT2D eigenvalue weighted by atomic mass is 10.2. The van der Waals surface area contributed by atoms with Crippen LogP contribution >= 0.6 is 15.9 Å². The predicted octanol–water partition coefficient (Wildman–Crippen LogP) is 1.28. The second kappa shape index (κ2) is 8.63. The molecule has 116 valence electrons. The number of nitriles is 1. The highest BCUT2D eigenvalue weighted by atomic mass is 79.9. The molecule has 0 aliphatic rings. The summed E-state index contributed by atoms with van der Waals surface area (Å²) in [7, 11) is 1.41. The summed E-state index contributed by atoms with van der Waals surface area (Å²) in [4.78, 5) is 21.6. The van der Waals surface area contributed by atoms with Gasteiger partial charge in [0.05, 0.1) is 19.4 Å². The number of hydrogen-bond acceptors (Lipinski definition) is 6. The van der Waals surface area contributed by atoms with Gasteiger partial charge >= 0.3 is 5.97 Å². The van der Waals surface area contributed by atoms with E-state index < -0.39 is 18.5 Å². The summed E-state index contributed by atoms with van der Waals surface area (Å²) in [5, 5.41) is 20.7. The molecular formula is C13H12BrN3O5. The van der Waals surface area contributed by atoms with Gasteiger partial charge in [-0.1, -0.05) is 0 Å². The van der Waals surface area contributed by atoms with Crippen LogP contribution in [0, 0.1) is 11.3 Å². The maximum absolute atomic E-state index is 11.1. The summed E-state index contributed by atoms with van der Waals surface area (Å²) in [5.41, 5.74) is 2.76. The van der Waals surface area contributed by atoms with E-state index in [4.69, 9.17) is 19.8 Å². The summed E-state index contributed by atoms with van der Waals surface area (Å²) in [6, 6.07) is 4.78. The van der Waals surface area contributed by atoms with Crippen LogP contribution in [0.4, 0.5) is 0 Å². The molecule has 0 heterocycles. The number of carbonyl (C=O) groups excluding carboxylic acids is 1. The van der Waals surface area contributed by atoms with Gasteiger partial charge in [-0.25, -0.2) is 10.2 Å². The first kappa shape index (κ1) is 17.5. The van der Waals surface area contributed by atoms with Gasteiger partial charge in [0.15, 0.2) is 18.1 Å². The molecule has 0 aliphatic carbocycles. The number of amides is 1. The Kier molecular flexibility index (Phi) is 6.85. The van der Waals surface area contributed by atoms with Gasteiger partial charge in [-0.2, -0.15) is 10.4 Å². The minimum Gasteiger partial charge on any atom is -0.493 e. The molecule has 0 aromatic heterocycles. The Morgan fingerprint density at radius 1 is 1.50 bits per heavy atom. The molecule has 0 bridgehead atoms. The van der Waals surface area contributed by atoms with Gasteiger partial charge in [0.1, 0.15) is 6.42 Å². The van der Waals surface area contributed by atoms with Crippen LogP contribution in [0.2, 0.25) is 0 Å². The second-order valence-electron chi connectivity index (χ2n) is 3.84. The van der Waals surface area contributed by atoms with Crippen LogP contribution in [0.1, 0.15) is 12.0 Å². The van der Waals surface area contributed by atoms with Crippen molar-refractivity contribution in [2.45, 2.75) is 6.42 Å². The topological polar surface area (TPSA) is 121 Å². The molecule has 0 saturated carbocycles. The van der Waals surface area contributed by atoms with Crippen molar-refractivity contribution >= 4 is 34.0 Å². The lowest BCUT2D eigenvalue weighted by Gasteiger charge is -2.11. The summed E-state index contributed by atoms with van der Waals surface area (Å²) in [6.07, 6.45) is 1.06. The fourth-order valence-corrected chi connectivity index (χ4v) is 1.77. The van der Waals surface area contributed by atoms with E-state index >= 15 is 0 Å². The third kappa shape index (κ3) is 5.41. The van der Waals surface area contributed by atoms with Crippen LogP contribution in [0.15, 0.2) is 21.7 Å². The number of aliphatic carboxylic acids is 1. The fraction of sp³-hybridized carbons (Fsp3) is 0.231. The zero-order valence-electron chi connectivity index (χ0n) is 11.5. The zero-order chi connectivity index (χ0) is 16.5. The average Bonchev–Trinajstić information content (AvgIpc) is 2.47. The Morgan fingerprint density at radius 3 is 2.82 bits per heavy atom. The molecular weight excluding hydrogens is 358 g/mol. The Labute approximate surface area is 134 Å². The minimum atomic E-state index is -1.11. The maximum atomic E-state index is 11.1. The molecule has 0 aliphatic heterocycles. The van der Waals surface area contributed by atoms with Crippen LogP contribution in [0.25, 0.3) is 0 Å². The van der Waals surface area contributed by atoms with Crippen molar-refractivity contribution in [2.24, 2.45) is 5.10 Å². The average molecular weight is 370 g/mol. The van der Waals surface area contributed by atoms with E-state index in [1.54, 1.807) is 12.1 Å². The first-order valence-electron chi connectivity index (χ1n) is 5.89. The van der Waals surface area contributed by atoms with Crippen molar-refractivity contribution < 1.29 is 24.2 Å². The molecule has 0 radical (unpaired) electrons. The van der Waals surface area contributed by atoms with Gasteiger partial charge in [0.25, 0.3) is 5.91 Å². The number of halogens is 1. The number of carboxylic acid groups (broad SMARTS) is 1. The third-order valence-electron chi connectivity index (χ3n) is 2.27. The van der Waals surface area contributed by atoms with Crippen molar-refractivity contribution in [1.82, 2.24) is 5.43 Å². The maximum Gasteiger partial charge on any atom is 0.341 e. The molecule has 1 amide bonds. The first-order chi connectivity index (χ1) is 10.5. The number of carbonyl (C=O) groups is 2. The van der Waals surface area contributed by atoms with Crippen molar-refractivity contribution in [2.75, 3.05) is 13.7 Å². The lowest BCUT2D eigenvalue weighted by molar-refractivity contribution is -0.139. The number of nitrogens with zero attached hydrogens (tertiary/aromatic N) is 2. The fourth-order valence-electron chi connectivity index (χ4n) is 1.35. The summed E-state index contributed by atoms with van der Waals surface area (Å²) in [5.74, 6) is -1.07. The van der Waals surface area contributed by atoms with E-state index in [0.717, 1.165) is 0 Å². The lowest BCUT2D eigenvalue weighted by Crippen LogP contribution is -2.16. The van der Waals surface area contributed by atoms with Crippen molar-refractivity contribution in [3.8, 4) is 17.6 Å². The van der Waals surface area contributed by atoms with Crippen LogP contribution in [-0.2, 0) is 9.59 Å². The highest BCUT2D eigenvalue weighted by molar-refractivity contribution is 9.10. The van der Waals surface area contributed by atoms with E-state index in [0.29, 0.717) is 15.8 Å². The molecule has 2 N–H and O–H groups in total. The van der Waals surface area contributed by atoms with Gasteiger partial charge in [-0.15, -0.1) is 0 Å². The molecule has 0 fully saturated rings. The summed E-state index contributed by atoms with van der Waals surface area (Å²) >= 11 is 3.28. The van der Waals surface area contributed by atoms with Crippen LogP contribution < -0.4 is 14.9 Å². The number of carboxylic acids is 1. The van der Waals surface area contributed by atoms with Gasteiger partial charge in [0.2, 0.25) is 0 Å². The number of methoxy groups -OCH3 is 1.